The monoisotopic (exact) mass is 265 g/mol. The summed E-state index contributed by atoms with van der Waals surface area (Å²) in [6, 6.07) is 7.31. The molecule has 0 unspecified atom stereocenters. The van der Waals surface area contributed by atoms with Crippen molar-refractivity contribution in [3.05, 3.63) is 35.4 Å². The van der Waals surface area contributed by atoms with Crippen LogP contribution in [0.1, 0.15) is 24.0 Å². The van der Waals surface area contributed by atoms with Gasteiger partial charge in [0.2, 0.25) is 10.0 Å². The van der Waals surface area contributed by atoms with E-state index < -0.39 is 10.0 Å². The molecule has 96 valence electrons. The topological polar surface area (TPSA) is 66.4 Å². The molecule has 0 spiro atoms. The van der Waals surface area contributed by atoms with Gasteiger partial charge in [-0.05, 0) is 24.5 Å². The average Bonchev–Trinajstić information content (AvgIpc) is 3.19. The largest absolute Gasteiger partial charge is 0.384 e. The van der Waals surface area contributed by atoms with Crippen molar-refractivity contribution in [3.63, 3.8) is 0 Å². The lowest BCUT2D eigenvalue weighted by Gasteiger charge is -2.07. The SMILES string of the molecule is O=S(=O)(NCc1ccccc1C#CCO)C1CC1. The van der Waals surface area contributed by atoms with Crippen LogP contribution in [0.3, 0.4) is 0 Å². The molecule has 2 N–H and O–H groups in total. The molecule has 0 bridgehead atoms. The number of aliphatic hydroxyl groups is 1. The Morgan fingerprint density at radius 3 is 2.72 bits per heavy atom. The van der Waals surface area contributed by atoms with Crippen LogP contribution in [0.25, 0.3) is 0 Å². The first-order chi connectivity index (χ1) is 8.63. The van der Waals surface area contributed by atoms with Gasteiger partial charge in [-0.3, -0.25) is 0 Å². The van der Waals surface area contributed by atoms with E-state index in [1.165, 1.54) is 0 Å². The second kappa shape index (κ2) is 5.53. The maximum atomic E-state index is 11.7. The van der Waals surface area contributed by atoms with Crippen LogP contribution >= 0.6 is 0 Å². The van der Waals surface area contributed by atoms with Crippen molar-refractivity contribution < 1.29 is 13.5 Å². The van der Waals surface area contributed by atoms with E-state index >= 15 is 0 Å². The van der Waals surface area contributed by atoms with Crippen LogP contribution < -0.4 is 4.72 Å². The highest BCUT2D eigenvalue weighted by Gasteiger charge is 2.35. The third kappa shape index (κ3) is 3.33. The van der Waals surface area contributed by atoms with Gasteiger partial charge in [0.25, 0.3) is 0 Å². The molecule has 0 heterocycles. The minimum Gasteiger partial charge on any atom is -0.384 e. The first-order valence-corrected chi connectivity index (χ1v) is 7.34. The Bertz CT molecular complexity index is 580. The van der Waals surface area contributed by atoms with Crippen LogP contribution in [0.5, 0.6) is 0 Å². The first kappa shape index (κ1) is 13.1. The van der Waals surface area contributed by atoms with E-state index in [1.54, 1.807) is 0 Å². The molecule has 1 aromatic rings. The minimum atomic E-state index is -3.17. The number of hydrogen-bond donors (Lipinski definition) is 2. The summed E-state index contributed by atoms with van der Waals surface area (Å²) in [5.74, 6) is 5.37. The summed E-state index contributed by atoms with van der Waals surface area (Å²) in [4.78, 5) is 0. The molecule has 1 saturated carbocycles. The summed E-state index contributed by atoms with van der Waals surface area (Å²) < 4.78 is 26.0. The average molecular weight is 265 g/mol. The lowest BCUT2D eigenvalue weighted by molar-refractivity contribution is 0.350. The number of rotatable bonds is 4. The summed E-state index contributed by atoms with van der Waals surface area (Å²) in [6.45, 7) is 0.0389. The number of hydrogen-bond acceptors (Lipinski definition) is 3. The van der Waals surface area contributed by atoms with Crippen molar-refractivity contribution in [3.8, 4) is 11.8 Å². The van der Waals surface area contributed by atoms with Crippen molar-refractivity contribution in [2.75, 3.05) is 6.61 Å². The van der Waals surface area contributed by atoms with Crippen LogP contribution in [-0.2, 0) is 16.6 Å². The lowest BCUT2D eigenvalue weighted by atomic mass is 10.1. The molecule has 1 aromatic carbocycles. The fourth-order valence-corrected chi connectivity index (χ4v) is 2.95. The third-order valence-corrected chi connectivity index (χ3v) is 4.64. The highest BCUT2D eigenvalue weighted by atomic mass is 32.2. The maximum absolute atomic E-state index is 11.7. The minimum absolute atomic E-state index is 0.206. The van der Waals surface area contributed by atoms with Gasteiger partial charge in [0.05, 0.1) is 5.25 Å². The Balaban J connectivity index is 2.09. The maximum Gasteiger partial charge on any atom is 0.214 e. The summed E-state index contributed by atoms with van der Waals surface area (Å²) >= 11 is 0. The normalized spacial score (nSPS) is 14.9. The number of aliphatic hydroxyl groups excluding tert-OH is 1. The summed E-state index contributed by atoms with van der Waals surface area (Å²) in [5.41, 5.74) is 1.56. The van der Waals surface area contributed by atoms with Gasteiger partial charge in [-0.2, -0.15) is 0 Å². The van der Waals surface area contributed by atoms with E-state index in [4.69, 9.17) is 5.11 Å². The van der Waals surface area contributed by atoms with E-state index in [1.807, 2.05) is 24.3 Å². The molecule has 0 radical (unpaired) electrons. The van der Waals surface area contributed by atoms with E-state index in [9.17, 15) is 8.42 Å². The van der Waals surface area contributed by atoms with Crippen LogP contribution in [0.4, 0.5) is 0 Å². The third-order valence-electron chi connectivity index (χ3n) is 2.75. The van der Waals surface area contributed by atoms with E-state index in [-0.39, 0.29) is 18.4 Å². The van der Waals surface area contributed by atoms with Crippen molar-refractivity contribution in [1.29, 1.82) is 0 Å². The molecule has 0 atom stereocenters. The number of nitrogens with one attached hydrogen (secondary N) is 1. The van der Waals surface area contributed by atoms with Crippen molar-refractivity contribution >= 4 is 10.0 Å². The van der Waals surface area contributed by atoms with Crippen molar-refractivity contribution in [1.82, 2.24) is 4.72 Å². The molecule has 18 heavy (non-hydrogen) atoms. The summed E-state index contributed by atoms with van der Waals surface area (Å²) in [5, 5.41) is 8.46. The molecule has 2 rings (SSSR count). The molecule has 0 saturated heterocycles. The van der Waals surface area contributed by atoms with E-state index in [2.05, 4.69) is 16.6 Å². The number of benzene rings is 1. The summed E-state index contributed by atoms with van der Waals surface area (Å²) in [6.07, 6.45) is 1.50. The zero-order valence-corrected chi connectivity index (χ0v) is 10.7. The Labute approximate surface area is 107 Å². The van der Waals surface area contributed by atoms with Crippen LogP contribution in [0, 0.1) is 11.8 Å². The predicted molar refractivity (Wildman–Crippen MR) is 69.2 cm³/mol. The van der Waals surface area contributed by atoms with Gasteiger partial charge in [-0.25, -0.2) is 13.1 Å². The molecular formula is C13H15NO3S. The molecule has 4 nitrogen and oxygen atoms in total. The molecule has 0 aliphatic heterocycles. The van der Waals surface area contributed by atoms with Gasteiger partial charge >= 0.3 is 0 Å². The van der Waals surface area contributed by atoms with Gasteiger partial charge in [-0.1, -0.05) is 30.0 Å². The molecule has 0 aromatic heterocycles. The zero-order chi connectivity index (χ0) is 13.0. The molecular weight excluding hydrogens is 250 g/mol. The molecule has 1 aliphatic carbocycles. The fraction of sp³-hybridized carbons (Fsp3) is 0.385. The van der Waals surface area contributed by atoms with E-state index in [0.717, 1.165) is 24.0 Å². The van der Waals surface area contributed by atoms with Gasteiger partial charge in [0.1, 0.15) is 6.61 Å². The van der Waals surface area contributed by atoms with Gasteiger partial charge in [0, 0.05) is 12.1 Å². The fourth-order valence-electron chi connectivity index (χ4n) is 1.61. The predicted octanol–water partition coefficient (Wildman–Crippen LogP) is 0.612. The molecule has 1 aliphatic rings. The van der Waals surface area contributed by atoms with Crippen LogP contribution in [0.15, 0.2) is 24.3 Å². The Morgan fingerprint density at radius 2 is 2.06 bits per heavy atom. The van der Waals surface area contributed by atoms with Gasteiger partial charge in [-0.15, -0.1) is 0 Å². The molecule has 0 amide bonds. The van der Waals surface area contributed by atoms with Crippen LogP contribution in [-0.4, -0.2) is 25.4 Å². The van der Waals surface area contributed by atoms with Gasteiger partial charge < -0.3 is 5.11 Å². The summed E-state index contributed by atoms with van der Waals surface area (Å²) in [7, 11) is -3.17. The van der Waals surface area contributed by atoms with Crippen molar-refractivity contribution in [2.45, 2.75) is 24.6 Å². The second-order valence-electron chi connectivity index (χ2n) is 4.18. The molecule has 5 heteroatoms. The van der Waals surface area contributed by atoms with Crippen LogP contribution in [0.2, 0.25) is 0 Å². The van der Waals surface area contributed by atoms with E-state index in [0.29, 0.717) is 0 Å². The van der Waals surface area contributed by atoms with Gasteiger partial charge in [0.15, 0.2) is 0 Å². The Kier molecular flexibility index (Phi) is 4.02. The second-order valence-corrected chi connectivity index (χ2v) is 6.23. The highest BCUT2D eigenvalue weighted by Crippen LogP contribution is 2.27. The lowest BCUT2D eigenvalue weighted by Crippen LogP contribution is -2.27. The quantitative estimate of drug-likeness (QED) is 0.784. The molecule has 1 fully saturated rings. The Morgan fingerprint density at radius 1 is 1.33 bits per heavy atom. The first-order valence-electron chi connectivity index (χ1n) is 5.79. The van der Waals surface area contributed by atoms with Crippen molar-refractivity contribution in [2.24, 2.45) is 0 Å². The zero-order valence-electron chi connectivity index (χ0n) is 9.89. The number of sulfonamides is 1. The smallest absolute Gasteiger partial charge is 0.214 e. The highest BCUT2D eigenvalue weighted by molar-refractivity contribution is 7.90. The standard InChI is InChI=1S/C13H15NO3S/c15-9-3-6-11-4-1-2-5-12(11)10-14-18(16,17)13-7-8-13/h1-2,4-5,13-15H,7-10H2. The Hall–Kier alpha value is -1.35.